The van der Waals surface area contributed by atoms with Crippen LogP contribution in [0.3, 0.4) is 0 Å². The topological polar surface area (TPSA) is 72.9 Å². The lowest BCUT2D eigenvalue weighted by Crippen LogP contribution is -2.35. The van der Waals surface area contributed by atoms with Gasteiger partial charge < -0.3 is 9.47 Å². The standard InChI is InChI=1S/C22H21NO5S/c1-15(2)28-20(24)13-23-21(25)19(29-22(23)26)12-16-8-10-18(11-9-16)27-14-17-6-4-3-5-7-17/h3-12,15H,13-14H2,1-2H3/b19-12+. The second-order valence-corrected chi connectivity index (χ2v) is 7.64. The number of carbonyl (C=O) groups is 3. The van der Waals surface area contributed by atoms with Crippen molar-refractivity contribution in [3.05, 3.63) is 70.6 Å². The number of ether oxygens (including phenoxy) is 2. The Hall–Kier alpha value is -3.06. The van der Waals surface area contributed by atoms with Crippen LogP contribution in [0.4, 0.5) is 4.79 Å². The van der Waals surface area contributed by atoms with Crippen LogP contribution in [0.25, 0.3) is 6.08 Å². The van der Waals surface area contributed by atoms with Crippen molar-refractivity contribution in [1.29, 1.82) is 0 Å². The van der Waals surface area contributed by atoms with E-state index >= 15 is 0 Å². The smallest absolute Gasteiger partial charge is 0.326 e. The van der Waals surface area contributed by atoms with Gasteiger partial charge in [-0.25, -0.2) is 0 Å². The van der Waals surface area contributed by atoms with E-state index in [1.807, 2.05) is 30.3 Å². The van der Waals surface area contributed by atoms with Crippen LogP contribution in [0.15, 0.2) is 59.5 Å². The van der Waals surface area contributed by atoms with E-state index in [0.29, 0.717) is 12.4 Å². The van der Waals surface area contributed by atoms with Crippen molar-refractivity contribution in [3.8, 4) is 5.75 Å². The first-order valence-corrected chi connectivity index (χ1v) is 9.95. The van der Waals surface area contributed by atoms with Gasteiger partial charge >= 0.3 is 5.97 Å². The Morgan fingerprint density at radius 3 is 2.41 bits per heavy atom. The van der Waals surface area contributed by atoms with E-state index in [9.17, 15) is 14.4 Å². The second-order valence-electron chi connectivity index (χ2n) is 6.65. The molecule has 0 saturated carbocycles. The van der Waals surface area contributed by atoms with Gasteiger partial charge in [-0.1, -0.05) is 42.5 Å². The number of rotatable bonds is 7. The van der Waals surface area contributed by atoms with Crippen molar-refractivity contribution in [2.75, 3.05) is 6.54 Å². The highest BCUT2D eigenvalue weighted by Crippen LogP contribution is 2.32. The van der Waals surface area contributed by atoms with E-state index in [-0.39, 0.29) is 17.6 Å². The molecular weight excluding hydrogens is 390 g/mol. The van der Waals surface area contributed by atoms with Gasteiger partial charge in [0.1, 0.15) is 18.9 Å². The summed E-state index contributed by atoms with van der Waals surface area (Å²) in [6, 6.07) is 17.1. The SMILES string of the molecule is CC(C)OC(=O)CN1C(=O)S/C(=C/c2ccc(OCc3ccccc3)cc2)C1=O. The first-order chi connectivity index (χ1) is 13.9. The number of benzene rings is 2. The quantitative estimate of drug-likeness (QED) is 0.501. The Labute approximate surface area is 173 Å². The van der Waals surface area contributed by atoms with Crippen LogP contribution in [0.5, 0.6) is 5.75 Å². The molecule has 0 aromatic heterocycles. The minimum absolute atomic E-state index is 0.269. The van der Waals surface area contributed by atoms with Crippen LogP contribution >= 0.6 is 11.8 Å². The van der Waals surface area contributed by atoms with Crippen molar-refractivity contribution < 1.29 is 23.9 Å². The third-order valence-corrected chi connectivity index (χ3v) is 4.86. The number of nitrogens with zero attached hydrogens (tertiary/aromatic N) is 1. The Balaban J connectivity index is 1.61. The fourth-order valence-corrected chi connectivity index (χ4v) is 3.46. The molecular formula is C22H21NO5S. The molecule has 0 aliphatic carbocycles. The molecule has 1 fully saturated rings. The van der Waals surface area contributed by atoms with E-state index in [0.717, 1.165) is 27.8 Å². The Bertz CT molecular complexity index is 922. The van der Waals surface area contributed by atoms with Gasteiger partial charge in [-0.2, -0.15) is 0 Å². The molecule has 7 heteroatoms. The zero-order chi connectivity index (χ0) is 20.8. The molecule has 0 radical (unpaired) electrons. The summed E-state index contributed by atoms with van der Waals surface area (Å²) in [5.41, 5.74) is 1.83. The molecule has 6 nitrogen and oxygen atoms in total. The van der Waals surface area contributed by atoms with Crippen LogP contribution in [0, 0.1) is 0 Å². The molecule has 0 bridgehead atoms. The monoisotopic (exact) mass is 411 g/mol. The number of thioether (sulfide) groups is 1. The molecule has 1 heterocycles. The second kappa shape index (κ2) is 9.43. The molecule has 3 rings (SSSR count). The molecule has 150 valence electrons. The summed E-state index contributed by atoms with van der Waals surface area (Å²) in [4.78, 5) is 37.5. The highest BCUT2D eigenvalue weighted by Gasteiger charge is 2.36. The summed E-state index contributed by atoms with van der Waals surface area (Å²) >= 11 is 0.809. The van der Waals surface area contributed by atoms with Crippen LogP contribution in [0.1, 0.15) is 25.0 Å². The van der Waals surface area contributed by atoms with Gasteiger partial charge in [-0.15, -0.1) is 0 Å². The van der Waals surface area contributed by atoms with Crippen LogP contribution in [0.2, 0.25) is 0 Å². The van der Waals surface area contributed by atoms with E-state index in [4.69, 9.17) is 9.47 Å². The highest BCUT2D eigenvalue weighted by atomic mass is 32.2. The maximum absolute atomic E-state index is 12.5. The molecule has 0 spiro atoms. The van der Waals surface area contributed by atoms with Crippen LogP contribution in [-0.2, 0) is 20.9 Å². The third kappa shape index (κ3) is 5.71. The summed E-state index contributed by atoms with van der Waals surface area (Å²) in [6.07, 6.45) is 1.32. The normalized spacial score (nSPS) is 15.3. The number of imide groups is 1. The third-order valence-electron chi connectivity index (χ3n) is 3.95. The van der Waals surface area contributed by atoms with Crippen LogP contribution in [-0.4, -0.2) is 34.7 Å². The molecule has 0 unspecified atom stereocenters. The number of carbonyl (C=O) groups excluding carboxylic acids is 3. The molecule has 1 aliphatic heterocycles. The minimum atomic E-state index is -0.608. The molecule has 29 heavy (non-hydrogen) atoms. The van der Waals surface area contributed by atoms with Gasteiger partial charge in [0.2, 0.25) is 0 Å². The predicted molar refractivity (Wildman–Crippen MR) is 111 cm³/mol. The number of esters is 1. The van der Waals surface area contributed by atoms with Gasteiger partial charge in [-0.05, 0) is 54.9 Å². The highest BCUT2D eigenvalue weighted by molar-refractivity contribution is 8.18. The van der Waals surface area contributed by atoms with Crippen molar-refractivity contribution in [3.63, 3.8) is 0 Å². The van der Waals surface area contributed by atoms with Crippen LogP contribution < -0.4 is 4.74 Å². The van der Waals surface area contributed by atoms with Gasteiger partial charge in [-0.3, -0.25) is 19.3 Å². The Morgan fingerprint density at radius 2 is 1.76 bits per heavy atom. The van der Waals surface area contributed by atoms with Gasteiger partial charge in [0.15, 0.2) is 0 Å². The predicted octanol–water partition coefficient (Wildman–Crippen LogP) is 4.25. The number of hydrogen-bond donors (Lipinski definition) is 0. The maximum atomic E-state index is 12.5. The van der Waals surface area contributed by atoms with Gasteiger partial charge in [0.25, 0.3) is 11.1 Å². The maximum Gasteiger partial charge on any atom is 0.326 e. The average Bonchev–Trinajstić information content (AvgIpc) is 2.95. The van der Waals surface area contributed by atoms with Crippen molar-refractivity contribution in [2.45, 2.75) is 26.6 Å². The zero-order valence-electron chi connectivity index (χ0n) is 16.2. The molecule has 1 aliphatic rings. The van der Waals surface area contributed by atoms with E-state index in [1.54, 1.807) is 44.2 Å². The lowest BCUT2D eigenvalue weighted by Gasteiger charge is -2.13. The number of hydrogen-bond acceptors (Lipinski definition) is 6. The van der Waals surface area contributed by atoms with Crippen molar-refractivity contribution in [2.24, 2.45) is 0 Å². The van der Waals surface area contributed by atoms with Gasteiger partial charge in [0.05, 0.1) is 11.0 Å². The number of amides is 2. The molecule has 0 atom stereocenters. The van der Waals surface area contributed by atoms with Crippen molar-refractivity contribution >= 4 is 35.0 Å². The molecule has 2 aromatic rings. The van der Waals surface area contributed by atoms with Gasteiger partial charge in [0, 0.05) is 0 Å². The lowest BCUT2D eigenvalue weighted by atomic mass is 10.2. The summed E-state index contributed by atoms with van der Waals surface area (Å²) in [6.45, 7) is 3.50. The first kappa shape index (κ1) is 20.7. The molecule has 1 saturated heterocycles. The fourth-order valence-electron chi connectivity index (χ4n) is 2.62. The summed E-state index contributed by atoms with van der Waals surface area (Å²) in [5, 5.41) is -0.482. The average molecular weight is 411 g/mol. The van der Waals surface area contributed by atoms with E-state index < -0.39 is 17.1 Å². The molecule has 0 N–H and O–H groups in total. The largest absolute Gasteiger partial charge is 0.489 e. The summed E-state index contributed by atoms with van der Waals surface area (Å²) in [5.74, 6) is -0.399. The van der Waals surface area contributed by atoms with E-state index in [2.05, 4.69) is 0 Å². The van der Waals surface area contributed by atoms with Crippen molar-refractivity contribution in [1.82, 2.24) is 4.90 Å². The Kier molecular flexibility index (Phi) is 6.72. The fraction of sp³-hybridized carbons (Fsp3) is 0.227. The molecule has 2 aromatic carbocycles. The zero-order valence-corrected chi connectivity index (χ0v) is 17.0. The minimum Gasteiger partial charge on any atom is -0.489 e. The summed E-state index contributed by atoms with van der Waals surface area (Å²) < 4.78 is 10.7. The lowest BCUT2D eigenvalue weighted by molar-refractivity contribution is -0.149. The Morgan fingerprint density at radius 1 is 1.07 bits per heavy atom. The first-order valence-electron chi connectivity index (χ1n) is 9.14. The summed E-state index contributed by atoms with van der Waals surface area (Å²) in [7, 11) is 0. The van der Waals surface area contributed by atoms with E-state index in [1.165, 1.54) is 0 Å². The molecule has 2 amide bonds.